The molecule has 2 rings (SSSR count). The predicted octanol–water partition coefficient (Wildman–Crippen LogP) is 2.64. The summed E-state index contributed by atoms with van der Waals surface area (Å²) in [7, 11) is 0. The van der Waals surface area contributed by atoms with Gasteiger partial charge in [-0.25, -0.2) is 4.98 Å². The Bertz CT molecular complexity index is 504. The zero-order valence-corrected chi connectivity index (χ0v) is 9.87. The van der Waals surface area contributed by atoms with Gasteiger partial charge < -0.3 is 4.42 Å². The van der Waals surface area contributed by atoms with Gasteiger partial charge in [0.05, 0.1) is 5.33 Å². The maximum atomic E-state index is 11.2. The minimum Gasteiger partial charge on any atom is -0.441 e. The molecule has 0 unspecified atom stereocenters. The van der Waals surface area contributed by atoms with Crippen LogP contribution in [0.1, 0.15) is 11.5 Å². The highest BCUT2D eigenvalue weighted by atomic mass is 79.9. The van der Waals surface area contributed by atoms with E-state index in [9.17, 15) is 4.79 Å². The van der Waals surface area contributed by atoms with Crippen LogP contribution in [0.2, 0.25) is 0 Å². The highest BCUT2D eigenvalue weighted by molar-refractivity contribution is 9.09. The van der Waals surface area contributed by atoms with Crippen molar-refractivity contribution in [3.8, 4) is 0 Å². The molecule has 0 spiro atoms. The summed E-state index contributed by atoms with van der Waals surface area (Å²) in [5.74, 6) is 0.805. The third-order valence-electron chi connectivity index (χ3n) is 2.11. The van der Waals surface area contributed by atoms with Crippen LogP contribution in [0.4, 0.5) is 0 Å². The molecule has 1 heterocycles. The van der Waals surface area contributed by atoms with Gasteiger partial charge in [-0.2, -0.15) is 0 Å². The second kappa shape index (κ2) is 4.14. The molecule has 0 N–H and O–H groups in total. The third kappa shape index (κ3) is 2.26. The number of aromatic nitrogens is 1. The SMILES string of the molecule is Cc1nc2ccc(CC(=O)CBr)cc2o1. The summed E-state index contributed by atoms with van der Waals surface area (Å²) in [6.45, 7) is 1.81. The lowest BCUT2D eigenvalue weighted by atomic mass is 10.1. The highest BCUT2D eigenvalue weighted by Gasteiger charge is 2.06. The fourth-order valence-corrected chi connectivity index (χ4v) is 1.67. The number of hydrogen-bond donors (Lipinski definition) is 0. The Morgan fingerprint density at radius 3 is 3.07 bits per heavy atom. The third-order valence-corrected chi connectivity index (χ3v) is 2.74. The molecule has 4 heteroatoms. The van der Waals surface area contributed by atoms with Crippen molar-refractivity contribution >= 4 is 32.8 Å². The number of hydrogen-bond acceptors (Lipinski definition) is 3. The monoisotopic (exact) mass is 267 g/mol. The molecule has 1 aromatic carbocycles. The van der Waals surface area contributed by atoms with Crippen molar-refractivity contribution < 1.29 is 9.21 Å². The molecule has 0 aliphatic rings. The molecule has 0 amide bonds. The van der Waals surface area contributed by atoms with Crippen LogP contribution in [0.5, 0.6) is 0 Å². The number of benzene rings is 1. The van der Waals surface area contributed by atoms with Crippen molar-refractivity contribution in [2.24, 2.45) is 0 Å². The number of alkyl halides is 1. The lowest BCUT2D eigenvalue weighted by Gasteiger charge is -1.97. The quantitative estimate of drug-likeness (QED) is 0.804. The van der Waals surface area contributed by atoms with Gasteiger partial charge in [-0.1, -0.05) is 22.0 Å². The number of Topliss-reactive ketones (excluding diaryl/α,β-unsaturated/α-hetero) is 1. The summed E-state index contributed by atoms with van der Waals surface area (Å²) in [5, 5.41) is 0.389. The van der Waals surface area contributed by atoms with Crippen LogP contribution in [0.25, 0.3) is 11.1 Å². The van der Waals surface area contributed by atoms with Gasteiger partial charge in [-0.05, 0) is 17.7 Å². The molecule has 3 nitrogen and oxygen atoms in total. The maximum absolute atomic E-state index is 11.2. The van der Waals surface area contributed by atoms with E-state index >= 15 is 0 Å². The van der Waals surface area contributed by atoms with Crippen molar-refractivity contribution in [3.05, 3.63) is 29.7 Å². The van der Waals surface area contributed by atoms with Gasteiger partial charge in [0.25, 0.3) is 0 Å². The van der Waals surface area contributed by atoms with Crippen molar-refractivity contribution in [3.63, 3.8) is 0 Å². The van der Waals surface area contributed by atoms with Gasteiger partial charge in [0.1, 0.15) is 11.3 Å². The van der Waals surface area contributed by atoms with Crippen LogP contribution in [0.3, 0.4) is 0 Å². The van der Waals surface area contributed by atoms with E-state index in [1.165, 1.54) is 0 Å². The smallest absolute Gasteiger partial charge is 0.192 e. The Morgan fingerprint density at radius 1 is 1.53 bits per heavy atom. The van der Waals surface area contributed by atoms with Crippen molar-refractivity contribution in [1.82, 2.24) is 4.98 Å². The number of carbonyl (C=O) groups is 1. The lowest BCUT2D eigenvalue weighted by Crippen LogP contribution is -2.02. The number of halogens is 1. The summed E-state index contributed by atoms with van der Waals surface area (Å²) in [4.78, 5) is 15.4. The summed E-state index contributed by atoms with van der Waals surface area (Å²) in [5.41, 5.74) is 2.54. The molecule has 0 bridgehead atoms. The van der Waals surface area contributed by atoms with E-state index in [1.54, 1.807) is 0 Å². The molecule has 0 radical (unpaired) electrons. The van der Waals surface area contributed by atoms with Gasteiger partial charge >= 0.3 is 0 Å². The number of fused-ring (bicyclic) bond motifs is 1. The molecule has 2 aromatic rings. The van der Waals surface area contributed by atoms with Crippen LogP contribution in [0, 0.1) is 6.92 Å². The van der Waals surface area contributed by atoms with Crippen molar-refractivity contribution in [2.75, 3.05) is 5.33 Å². The van der Waals surface area contributed by atoms with Crippen molar-refractivity contribution in [2.45, 2.75) is 13.3 Å². The van der Waals surface area contributed by atoms with Gasteiger partial charge in [0.15, 0.2) is 11.5 Å². The molecule has 0 fully saturated rings. The van der Waals surface area contributed by atoms with Crippen molar-refractivity contribution in [1.29, 1.82) is 0 Å². The average molecular weight is 268 g/mol. The number of rotatable bonds is 3. The summed E-state index contributed by atoms with van der Waals surface area (Å²) in [6, 6.07) is 5.66. The molecule has 15 heavy (non-hydrogen) atoms. The fourth-order valence-electron chi connectivity index (χ4n) is 1.47. The molecular formula is C11H10BrNO2. The Labute approximate surface area is 95.6 Å². The number of nitrogens with zero attached hydrogens (tertiary/aromatic N) is 1. The first kappa shape index (κ1) is 10.4. The van der Waals surface area contributed by atoms with E-state index in [2.05, 4.69) is 20.9 Å². The summed E-state index contributed by atoms with van der Waals surface area (Å²) in [6.07, 6.45) is 0.431. The molecule has 0 atom stereocenters. The number of carbonyl (C=O) groups excluding carboxylic acids is 1. The molecule has 0 aliphatic carbocycles. The Balaban J connectivity index is 2.33. The zero-order valence-electron chi connectivity index (χ0n) is 8.29. The standard InChI is InChI=1S/C11H10BrNO2/c1-7-13-10-3-2-8(4-9(14)6-12)5-11(10)15-7/h2-3,5H,4,6H2,1H3. The second-order valence-corrected chi connectivity index (χ2v) is 3.94. The summed E-state index contributed by atoms with van der Waals surface area (Å²) < 4.78 is 5.39. The van der Waals surface area contributed by atoms with Gasteiger partial charge in [0, 0.05) is 13.3 Å². The topological polar surface area (TPSA) is 43.1 Å². The Kier molecular flexibility index (Phi) is 2.86. The minimum atomic E-state index is 0.158. The lowest BCUT2D eigenvalue weighted by molar-refractivity contribution is -0.115. The number of ketones is 1. The molecule has 78 valence electrons. The summed E-state index contributed by atoms with van der Waals surface area (Å²) >= 11 is 3.14. The van der Waals surface area contributed by atoms with Gasteiger partial charge in [-0.3, -0.25) is 4.79 Å². The maximum Gasteiger partial charge on any atom is 0.192 e. The van der Waals surface area contributed by atoms with E-state index in [-0.39, 0.29) is 5.78 Å². The Hall–Kier alpha value is -1.16. The number of oxazole rings is 1. The largest absolute Gasteiger partial charge is 0.441 e. The minimum absolute atomic E-state index is 0.158. The molecule has 0 saturated heterocycles. The second-order valence-electron chi connectivity index (χ2n) is 3.38. The normalized spacial score (nSPS) is 10.8. The average Bonchev–Trinajstić information content (AvgIpc) is 2.57. The molecule has 0 aliphatic heterocycles. The van der Waals surface area contributed by atoms with Gasteiger partial charge in [0.2, 0.25) is 0 Å². The first-order chi connectivity index (χ1) is 7.19. The predicted molar refractivity (Wildman–Crippen MR) is 61.3 cm³/mol. The van der Waals surface area contributed by atoms with E-state index in [4.69, 9.17) is 4.42 Å². The van der Waals surface area contributed by atoms with E-state index in [1.807, 2.05) is 25.1 Å². The van der Waals surface area contributed by atoms with Crippen LogP contribution < -0.4 is 0 Å². The molecule has 1 aromatic heterocycles. The first-order valence-corrected chi connectivity index (χ1v) is 5.75. The van der Waals surface area contributed by atoms with E-state index in [0.29, 0.717) is 17.6 Å². The van der Waals surface area contributed by atoms with Crippen LogP contribution in [-0.2, 0) is 11.2 Å². The van der Waals surface area contributed by atoms with Crippen LogP contribution >= 0.6 is 15.9 Å². The fraction of sp³-hybridized carbons (Fsp3) is 0.273. The first-order valence-electron chi connectivity index (χ1n) is 4.63. The van der Waals surface area contributed by atoms with Crippen LogP contribution in [0.15, 0.2) is 22.6 Å². The Morgan fingerprint density at radius 2 is 2.33 bits per heavy atom. The van der Waals surface area contributed by atoms with E-state index < -0.39 is 0 Å². The molecular weight excluding hydrogens is 258 g/mol. The number of aryl methyl sites for hydroxylation is 1. The van der Waals surface area contributed by atoms with Crippen LogP contribution in [-0.4, -0.2) is 16.1 Å². The molecule has 0 saturated carbocycles. The zero-order chi connectivity index (χ0) is 10.8. The highest BCUT2D eigenvalue weighted by Crippen LogP contribution is 2.17. The van der Waals surface area contributed by atoms with E-state index in [0.717, 1.165) is 16.7 Å². The van der Waals surface area contributed by atoms with Gasteiger partial charge in [-0.15, -0.1) is 0 Å².